The molecule has 0 atom stereocenters. The van der Waals surface area contributed by atoms with Crippen molar-refractivity contribution in [3.8, 4) is 0 Å². The molecule has 0 unspecified atom stereocenters. The quantitative estimate of drug-likeness (QED) is 0.685. The number of aliphatic hydroxyl groups excluding tert-OH is 1. The Morgan fingerprint density at radius 3 is 2.53 bits per heavy atom. The van der Waals surface area contributed by atoms with E-state index in [9.17, 15) is 9.90 Å². The third-order valence-electron chi connectivity index (χ3n) is 2.97. The number of aliphatic hydroxyl groups is 1. The lowest BCUT2D eigenvalue weighted by Gasteiger charge is -2.36. The number of nitrogen functional groups attached to an aromatic ring is 1. The molecule has 0 aromatic heterocycles. The maximum Gasteiger partial charge on any atom is 0.337 e. The van der Waals surface area contributed by atoms with Crippen molar-refractivity contribution < 1.29 is 15.0 Å². The first-order valence-corrected chi connectivity index (χ1v) is 5.27. The summed E-state index contributed by atoms with van der Waals surface area (Å²) < 4.78 is 0. The maximum atomic E-state index is 11.0. The van der Waals surface area contributed by atoms with Crippen molar-refractivity contribution in [2.75, 3.05) is 24.3 Å². The van der Waals surface area contributed by atoms with Crippen LogP contribution in [0.4, 0.5) is 11.4 Å². The van der Waals surface area contributed by atoms with Gasteiger partial charge in [0, 0.05) is 7.05 Å². The van der Waals surface area contributed by atoms with Crippen LogP contribution >= 0.6 is 0 Å². The lowest BCUT2D eigenvalue weighted by Crippen LogP contribution is -2.44. The summed E-state index contributed by atoms with van der Waals surface area (Å²) in [5, 5.41) is 18.3. The molecule has 0 spiro atoms. The molecular weight excluding hydrogens is 220 g/mol. The number of aromatic carboxylic acids is 1. The van der Waals surface area contributed by atoms with Gasteiger partial charge in [-0.05, 0) is 26.0 Å². The molecule has 0 saturated carbocycles. The minimum absolute atomic E-state index is 0.0553. The highest BCUT2D eigenvalue weighted by molar-refractivity contribution is 5.97. The van der Waals surface area contributed by atoms with E-state index in [1.807, 2.05) is 13.8 Å². The zero-order valence-electron chi connectivity index (χ0n) is 10.3. The summed E-state index contributed by atoms with van der Waals surface area (Å²) in [4.78, 5) is 12.7. The minimum atomic E-state index is -1.06. The Labute approximate surface area is 100 Å². The van der Waals surface area contributed by atoms with Gasteiger partial charge in [-0.2, -0.15) is 0 Å². The van der Waals surface area contributed by atoms with E-state index in [0.29, 0.717) is 5.69 Å². The molecule has 0 amide bonds. The summed E-state index contributed by atoms with van der Waals surface area (Å²) in [6.45, 7) is 3.64. The predicted octanol–water partition coefficient (Wildman–Crippen LogP) is 1.17. The second-order valence-corrected chi connectivity index (χ2v) is 4.57. The molecule has 5 nitrogen and oxygen atoms in total. The van der Waals surface area contributed by atoms with Crippen molar-refractivity contribution in [1.29, 1.82) is 0 Å². The molecule has 1 aromatic carbocycles. The van der Waals surface area contributed by atoms with E-state index in [1.54, 1.807) is 24.1 Å². The number of carbonyl (C=O) groups is 1. The Morgan fingerprint density at radius 2 is 2.06 bits per heavy atom. The van der Waals surface area contributed by atoms with Gasteiger partial charge >= 0.3 is 5.97 Å². The number of para-hydroxylation sites is 1. The monoisotopic (exact) mass is 238 g/mol. The fourth-order valence-electron chi connectivity index (χ4n) is 1.46. The Morgan fingerprint density at radius 1 is 1.47 bits per heavy atom. The first kappa shape index (κ1) is 13.3. The maximum absolute atomic E-state index is 11.0. The van der Waals surface area contributed by atoms with Crippen LogP contribution in [0.2, 0.25) is 0 Å². The average molecular weight is 238 g/mol. The fraction of sp³-hybridized carbons (Fsp3) is 0.417. The zero-order valence-corrected chi connectivity index (χ0v) is 10.3. The van der Waals surface area contributed by atoms with E-state index < -0.39 is 11.5 Å². The van der Waals surface area contributed by atoms with Gasteiger partial charge < -0.3 is 20.8 Å². The van der Waals surface area contributed by atoms with Gasteiger partial charge in [0.1, 0.15) is 0 Å². The van der Waals surface area contributed by atoms with Gasteiger partial charge in [0.25, 0.3) is 0 Å². The molecule has 0 aliphatic heterocycles. The first-order valence-electron chi connectivity index (χ1n) is 5.27. The van der Waals surface area contributed by atoms with Gasteiger partial charge in [-0.25, -0.2) is 4.79 Å². The molecular formula is C12H18N2O3. The fourth-order valence-corrected chi connectivity index (χ4v) is 1.46. The van der Waals surface area contributed by atoms with Crippen molar-refractivity contribution in [1.82, 2.24) is 0 Å². The topological polar surface area (TPSA) is 86.8 Å². The molecule has 4 N–H and O–H groups in total. The zero-order chi connectivity index (χ0) is 13.2. The Kier molecular flexibility index (Phi) is 3.63. The van der Waals surface area contributed by atoms with Gasteiger partial charge in [-0.1, -0.05) is 6.07 Å². The summed E-state index contributed by atoms with van der Waals surface area (Å²) in [6.07, 6.45) is 0. The number of carboxylic acids is 1. The number of hydrogen-bond donors (Lipinski definition) is 3. The number of likely N-dealkylation sites (N-methyl/N-ethyl adjacent to an activating group) is 1. The second-order valence-electron chi connectivity index (χ2n) is 4.57. The molecule has 0 aliphatic carbocycles. The number of hydrogen-bond acceptors (Lipinski definition) is 4. The Balaban J connectivity index is 3.24. The molecule has 0 fully saturated rings. The van der Waals surface area contributed by atoms with E-state index in [2.05, 4.69) is 0 Å². The van der Waals surface area contributed by atoms with Crippen molar-refractivity contribution >= 4 is 17.3 Å². The normalized spacial score (nSPS) is 11.3. The van der Waals surface area contributed by atoms with Gasteiger partial charge in [0.15, 0.2) is 0 Å². The van der Waals surface area contributed by atoms with Crippen molar-refractivity contribution in [3.63, 3.8) is 0 Å². The van der Waals surface area contributed by atoms with E-state index in [0.717, 1.165) is 0 Å². The lowest BCUT2D eigenvalue weighted by atomic mass is 10.0. The number of anilines is 2. The Bertz CT molecular complexity index is 430. The standard InChI is InChI=1S/C12H18N2O3/c1-12(2,7-15)14(3)9-6-4-5-8(10(9)13)11(16)17/h4-6,15H,7,13H2,1-3H3,(H,16,17). The van der Waals surface area contributed by atoms with Crippen LogP contribution in [-0.4, -0.2) is 35.4 Å². The van der Waals surface area contributed by atoms with Gasteiger partial charge in [0.05, 0.1) is 29.1 Å². The highest BCUT2D eigenvalue weighted by Crippen LogP contribution is 2.30. The summed E-state index contributed by atoms with van der Waals surface area (Å²) in [5.74, 6) is -1.06. The number of benzene rings is 1. The average Bonchev–Trinajstić information content (AvgIpc) is 2.28. The number of nitrogens with zero attached hydrogens (tertiary/aromatic N) is 1. The van der Waals surface area contributed by atoms with Crippen LogP contribution in [0.1, 0.15) is 24.2 Å². The third-order valence-corrected chi connectivity index (χ3v) is 2.97. The van der Waals surface area contributed by atoms with Crippen molar-refractivity contribution in [2.45, 2.75) is 19.4 Å². The number of carboxylic acid groups (broad SMARTS) is 1. The first-order chi connectivity index (χ1) is 7.81. The van der Waals surface area contributed by atoms with Crippen molar-refractivity contribution in [3.05, 3.63) is 23.8 Å². The van der Waals surface area contributed by atoms with E-state index in [-0.39, 0.29) is 17.9 Å². The summed E-state index contributed by atoms with van der Waals surface area (Å²) >= 11 is 0. The molecule has 94 valence electrons. The molecule has 0 bridgehead atoms. The van der Waals surface area contributed by atoms with Gasteiger partial charge in [-0.3, -0.25) is 0 Å². The summed E-state index contributed by atoms with van der Waals surface area (Å²) in [6, 6.07) is 4.83. The number of rotatable bonds is 4. The van der Waals surface area contributed by atoms with Gasteiger partial charge in [-0.15, -0.1) is 0 Å². The highest BCUT2D eigenvalue weighted by Gasteiger charge is 2.25. The largest absolute Gasteiger partial charge is 0.478 e. The number of nitrogens with two attached hydrogens (primary N) is 1. The van der Waals surface area contributed by atoms with Gasteiger partial charge in [0.2, 0.25) is 0 Å². The van der Waals surface area contributed by atoms with Crippen LogP contribution in [0.15, 0.2) is 18.2 Å². The predicted molar refractivity (Wildman–Crippen MR) is 67.4 cm³/mol. The lowest BCUT2D eigenvalue weighted by molar-refractivity contribution is 0.0698. The van der Waals surface area contributed by atoms with Crippen LogP contribution in [0, 0.1) is 0 Å². The van der Waals surface area contributed by atoms with Crippen LogP contribution in [0.25, 0.3) is 0 Å². The highest BCUT2D eigenvalue weighted by atomic mass is 16.4. The minimum Gasteiger partial charge on any atom is -0.478 e. The third kappa shape index (κ3) is 2.50. The molecule has 0 saturated heterocycles. The summed E-state index contributed by atoms with van der Waals surface area (Å²) in [7, 11) is 1.77. The second kappa shape index (κ2) is 4.63. The molecule has 0 aliphatic rings. The molecule has 5 heteroatoms. The Hall–Kier alpha value is -1.75. The van der Waals surface area contributed by atoms with Crippen LogP contribution in [0.3, 0.4) is 0 Å². The molecule has 1 rings (SSSR count). The van der Waals surface area contributed by atoms with Crippen LogP contribution < -0.4 is 10.6 Å². The SMILES string of the molecule is CN(c1cccc(C(=O)O)c1N)C(C)(C)CO. The summed E-state index contributed by atoms with van der Waals surface area (Å²) in [5.41, 5.74) is 6.21. The van der Waals surface area contributed by atoms with Crippen LogP contribution in [0.5, 0.6) is 0 Å². The van der Waals surface area contributed by atoms with Crippen molar-refractivity contribution in [2.24, 2.45) is 0 Å². The van der Waals surface area contributed by atoms with E-state index >= 15 is 0 Å². The smallest absolute Gasteiger partial charge is 0.337 e. The van der Waals surface area contributed by atoms with E-state index in [1.165, 1.54) is 6.07 Å². The molecule has 1 aromatic rings. The molecule has 17 heavy (non-hydrogen) atoms. The molecule has 0 radical (unpaired) electrons. The molecule has 0 heterocycles. The van der Waals surface area contributed by atoms with Crippen LogP contribution in [-0.2, 0) is 0 Å². The van der Waals surface area contributed by atoms with E-state index in [4.69, 9.17) is 10.8 Å².